The van der Waals surface area contributed by atoms with Crippen LogP contribution in [0.5, 0.6) is 11.5 Å². The van der Waals surface area contributed by atoms with E-state index in [1.807, 2.05) is 18.2 Å². The van der Waals surface area contributed by atoms with Gasteiger partial charge in [0.05, 0.1) is 13.7 Å². The predicted octanol–water partition coefficient (Wildman–Crippen LogP) is 3.89. The first-order valence-corrected chi connectivity index (χ1v) is 8.63. The van der Waals surface area contributed by atoms with Crippen molar-refractivity contribution in [1.82, 2.24) is 15.4 Å². The summed E-state index contributed by atoms with van der Waals surface area (Å²) in [5, 5.41) is 11.0. The molecule has 0 saturated heterocycles. The lowest BCUT2D eigenvalue weighted by atomic mass is 10.1. The van der Waals surface area contributed by atoms with Crippen LogP contribution in [-0.4, -0.2) is 35.1 Å². The quantitative estimate of drug-likeness (QED) is 0.619. The van der Waals surface area contributed by atoms with Crippen LogP contribution in [0.4, 0.5) is 0 Å². The molecular weight excluding hydrogens is 370 g/mol. The summed E-state index contributed by atoms with van der Waals surface area (Å²) in [5.41, 5.74) is 2.01. The van der Waals surface area contributed by atoms with Gasteiger partial charge in [0.2, 0.25) is 0 Å². The average molecular weight is 388 g/mol. The highest BCUT2D eigenvalue weighted by atomic mass is 35.5. The summed E-state index contributed by atoms with van der Waals surface area (Å²) in [5.74, 6) is 0.763. The third-order valence-electron chi connectivity index (χ3n) is 3.76. The summed E-state index contributed by atoms with van der Waals surface area (Å²) in [6.45, 7) is 2.24. The molecule has 0 bridgehead atoms. The number of carbonyl (C=O) groups excluding carboxylic acids is 1. The monoisotopic (exact) mass is 387 g/mol. The van der Waals surface area contributed by atoms with Gasteiger partial charge in [-0.1, -0.05) is 17.7 Å². The topological polar surface area (TPSA) is 86.3 Å². The van der Waals surface area contributed by atoms with E-state index in [0.717, 1.165) is 5.56 Å². The van der Waals surface area contributed by atoms with Gasteiger partial charge in [0.1, 0.15) is 23.8 Å². The van der Waals surface area contributed by atoms with Crippen molar-refractivity contribution in [3.05, 3.63) is 58.7 Å². The van der Waals surface area contributed by atoms with E-state index in [9.17, 15) is 4.79 Å². The Labute approximate surface area is 161 Å². The number of benzene rings is 2. The Balaban J connectivity index is 1.88. The van der Waals surface area contributed by atoms with Crippen molar-refractivity contribution in [2.75, 3.05) is 13.7 Å². The van der Waals surface area contributed by atoms with Gasteiger partial charge < -0.3 is 14.2 Å². The summed E-state index contributed by atoms with van der Waals surface area (Å²) in [4.78, 5) is 12.0. The molecule has 1 heterocycles. The summed E-state index contributed by atoms with van der Waals surface area (Å²) in [6, 6.07) is 12.6. The van der Waals surface area contributed by atoms with E-state index in [4.69, 9.17) is 25.8 Å². The number of esters is 1. The molecule has 8 heteroatoms. The van der Waals surface area contributed by atoms with Crippen LogP contribution < -0.4 is 9.47 Å². The van der Waals surface area contributed by atoms with Crippen molar-refractivity contribution in [2.24, 2.45) is 0 Å². The second kappa shape index (κ2) is 8.55. The van der Waals surface area contributed by atoms with Crippen LogP contribution in [0, 0.1) is 0 Å². The molecule has 0 aliphatic carbocycles. The van der Waals surface area contributed by atoms with Crippen LogP contribution in [0.25, 0.3) is 11.3 Å². The number of halogens is 1. The molecule has 3 rings (SSSR count). The number of ether oxygens (including phenoxy) is 3. The van der Waals surface area contributed by atoms with Crippen LogP contribution in [0.2, 0.25) is 5.02 Å². The first-order valence-electron chi connectivity index (χ1n) is 8.26. The van der Waals surface area contributed by atoms with Gasteiger partial charge in [0, 0.05) is 16.1 Å². The van der Waals surface area contributed by atoms with Gasteiger partial charge in [0.25, 0.3) is 0 Å². The number of aromatic nitrogens is 3. The Morgan fingerprint density at radius 3 is 2.78 bits per heavy atom. The lowest BCUT2D eigenvalue weighted by Crippen LogP contribution is -2.07. The number of aromatic amines is 1. The van der Waals surface area contributed by atoms with Crippen LogP contribution in [0.15, 0.2) is 42.5 Å². The highest BCUT2D eigenvalue weighted by molar-refractivity contribution is 6.30. The maximum atomic E-state index is 12.0. The van der Waals surface area contributed by atoms with Gasteiger partial charge in [0.15, 0.2) is 5.69 Å². The Morgan fingerprint density at radius 1 is 1.19 bits per heavy atom. The fourth-order valence-corrected chi connectivity index (χ4v) is 2.71. The second-order valence-electron chi connectivity index (χ2n) is 5.51. The van der Waals surface area contributed by atoms with Gasteiger partial charge in [-0.3, -0.25) is 0 Å². The first-order chi connectivity index (χ1) is 13.1. The number of methoxy groups -OCH3 is 1. The molecule has 0 fully saturated rings. The van der Waals surface area contributed by atoms with Crippen LogP contribution in [0.3, 0.4) is 0 Å². The maximum absolute atomic E-state index is 12.0. The molecule has 7 nitrogen and oxygen atoms in total. The SMILES string of the molecule is CCOC(=O)c1n[nH]nc1-c1ccc(OC)c(COc2cccc(Cl)c2)c1. The normalized spacial score (nSPS) is 10.5. The summed E-state index contributed by atoms with van der Waals surface area (Å²) in [7, 11) is 1.58. The molecule has 2 aromatic carbocycles. The van der Waals surface area contributed by atoms with E-state index in [2.05, 4.69) is 15.4 Å². The van der Waals surface area contributed by atoms with Crippen molar-refractivity contribution in [1.29, 1.82) is 0 Å². The zero-order valence-corrected chi connectivity index (χ0v) is 15.6. The van der Waals surface area contributed by atoms with E-state index >= 15 is 0 Å². The predicted molar refractivity (Wildman–Crippen MR) is 100 cm³/mol. The number of carbonyl (C=O) groups is 1. The van der Waals surface area contributed by atoms with Crippen molar-refractivity contribution < 1.29 is 19.0 Å². The minimum Gasteiger partial charge on any atom is -0.496 e. The average Bonchev–Trinajstić information content (AvgIpc) is 3.16. The van der Waals surface area contributed by atoms with Crippen LogP contribution in [0.1, 0.15) is 23.0 Å². The number of nitrogens with zero attached hydrogens (tertiary/aromatic N) is 2. The van der Waals surface area contributed by atoms with Crippen molar-refractivity contribution >= 4 is 17.6 Å². The lowest BCUT2D eigenvalue weighted by Gasteiger charge is -2.12. The molecule has 0 atom stereocenters. The minimum atomic E-state index is -0.534. The Hall–Kier alpha value is -3.06. The van der Waals surface area contributed by atoms with Crippen LogP contribution in [-0.2, 0) is 11.3 Å². The van der Waals surface area contributed by atoms with Gasteiger partial charge in [-0.15, -0.1) is 5.10 Å². The fraction of sp³-hybridized carbons (Fsp3) is 0.211. The summed E-state index contributed by atoms with van der Waals surface area (Å²) >= 11 is 5.98. The van der Waals surface area contributed by atoms with Crippen LogP contribution >= 0.6 is 11.6 Å². The Bertz CT molecular complexity index is 942. The summed E-state index contributed by atoms with van der Waals surface area (Å²) in [6.07, 6.45) is 0. The zero-order valence-electron chi connectivity index (χ0n) is 14.9. The molecule has 0 aliphatic heterocycles. The first kappa shape index (κ1) is 18.7. The maximum Gasteiger partial charge on any atom is 0.361 e. The molecule has 0 spiro atoms. The molecule has 27 heavy (non-hydrogen) atoms. The van der Waals surface area contributed by atoms with E-state index < -0.39 is 5.97 Å². The molecule has 0 saturated carbocycles. The number of H-pyrrole nitrogens is 1. The third-order valence-corrected chi connectivity index (χ3v) is 4.00. The van der Waals surface area contributed by atoms with E-state index in [-0.39, 0.29) is 18.9 Å². The minimum absolute atomic E-state index is 0.128. The third kappa shape index (κ3) is 4.38. The lowest BCUT2D eigenvalue weighted by molar-refractivity contribution is 0.0520. The number of nitrogens with one attached hydrogen (secondary N) is 1. The van der Waals surface area contributed by atoms with Crippen molar-refractivity contribution in [3.8, 4) is 22.8 Å². The molecule has 3 aromatic rings. The molecule has 0 aliphatic rings. The molecule has 140 valence electrons. The number of hydrogen-bond acceptors (Lipinski definition) is 6. The highest BCUT2D eigenvalue weighted by Crippen LogP contribution is 2.28. The molecule has 1 aromatic heterocycles. The smallest absolute Gasteiger partial charge is 0.361 e. The van der Waals surface area contributed by atoms with Gasteiger partial charge in [-0.05, 0) is 43.3 Å². The fourth-order valence-electron chi connectivity index (χ4n) is 2.53. The van der Waals surface area contributed by atoms with Gasteiger partial charge >= 0.3 is 5.97 Å². The molecule has 0 unspecified atom stereocenters. The molecule has 0 amide bonds. The number of rotatable bonds is 7. The Morgan fingerprint density at radius 2 is 2.04 bits per heavy atom. The van der Waals surface area contributed by atoms with E-state index in [1.165, 1.54) is 0 Å². The summed E-state index contributed by atoms with van der Waals surface area (Å²) < 4.78 is 16.2. The Kier molecular flexibility index (Phi) is 5.93. The highest BCUT2D eigenvalue weighted by Gasteiger charge is 2.20. The molecular formula is C19H18ClN3O4. The van der Waals surface area contributed by atoms with Gasteiger partial charge in [-0.25, -0.2) is 4.79 Å². The molecule has 0 radical (unpaired) electrons. The number of hydrogen-bond donors (Lipinski definition) is 1. The van der Waals surface area contributed by atoms with E-state index in [0.29, 0.717) is 27.8 Å². The zero-order chi connectivity index (χ0) is 19.2. The van der Waals surface area contributed by atoms with E-state index in [1.54, 1.807) is 38.3 Å². The molecule has 1 N–H and O–H groups in total. The largest absolute Gasteiger partial charge is 0.496 e. The van der Waals surface area contributed by atoms with Crippen molar-refractivity contribution in [3.63, 3.8) is 0 Å². The van der Waals surface area contributed by atoms with Gasteiger partial charge in [-0.2, -0.15) is 10.3 Å². The van der Waals surface area contributed by atoms with Crippen molar-refractivity contribution in [2.45, 2.75) is 13.5 Å². The second-order valence-corrected chi connectivity index (χ2v) is 5.95. The standard InChI is InChI=1S/C19H18ClN3O4/c1-3-26-19(24)18-17(21-23-22-18)12-7-8-16(25-2)13(9-12)11-27-15-6-4-5-14(20)10-15/h4-10H,3,11H2,1-2H3,(H,21,22,23).